The first-order valence-electron chi connectivity index (χ1n) is 8.52. The molecule has 0 saturated carbocycles. The third-order valence-electron chi connectivity index (χ3n) is 4.35. The lowest BCUT2D eigenvalue weighted by molar-refractivity contribution is -0.129. The summed E-state index contributed by atoms with van der Waals surface area (Å²) < 4.78 is 33.6. The zero-order chi connectivity index (χ0) is 18.7. The summed E-state index contributed by atoms with van der Waals surface area (Å²) in [5, 5.41) is 0. The largest absolute Gasteiger partial charge is 0.492 e. The van der Waals surface area contributed by atoms with Gasteiger partial charge in [0.15, 0.2) is 0 Å². The number of rotatable bonds is 5. The second kappa shape index (κ2) is 7.37. The summed E-state index contributed by atoms with van der Waals surface area (Å²) in [5.41, 5.74) is 2.57. The minimum atomic E-state index is -3.78. The maximum Gasteiger partial charge on any atom is 0.265 e. The molecule has 1 heterocycles. The van der Waals surface area contributed by atoms with Gasteiger partial charge in [0.1, 0.15) is 10.6 Å². The second-order valence-electron chi connectivity index (χ2n) is 6.16. The van der Waals surface area contributed by atoms with Gasteiger partial charge in [-0.15, -0.1) is 0 Å². The lowest BCUT2D eigenvalue weighted by Crippen LogP contribution is -2.34. The molecule has 0 bridgehead atoms. The number of carbonyl (C=O) groups excluding carboxylic acids is 1. The van der Waals surface area contributed by atoms with E-state index in [4.69, 9.17) is 4.74 Å². The molecule has 0 atom stereocenters. The van der Waals surface area contributed by atoms with Crippen molar-refractivity contribution in [2.75, 3.05) is 17.9 Å². The Morgan fingerprint density at radius 3 is 2.69 bits per heavy atom. The first-order valence-corrected chi connectivity index (χ1v) is 10.0. The quantitative estimate of drug-likeness (QED) is 0.873. The van der Waals surface area contributed by atoms with Crippen LogP contribution in [0.15, 0.2) is 47.4 Å². The van der Waals surface area contributed by atoms with Gasteiger partial charge < -0.3 is 9.64 Å². The van der Waals surface area contributed by atoms with Crippen molar-refractivity contribution < 1.29 is 17.9 Å². The number of amides is 1. The van der Waals surface area contributed by atoms with Crippen LogP contribution in [0.3, 0.4) is 0 Å². The number of para-hydroxylation sites is 1. The Morgan fingerprint density at radius 1 is 1.19 bits per heavy atom. The van der Waals surface area contributed by atoms with E-state index in [0.29, 0.717) is 31.1 Å². The number of sulfonamides is 1. The fraction of sp³-hybridized carbons (Fsp3) is 0.316. The molecule has 0 saturated heterocycles. The van der Waals surface area contributed by atoms with E-state index in [1.807, 2.05) is 6.07 Å². The van der Waals surface area contributed by atoms with E-state index >= 15 is 0 Å². The highest BCUT2D eigenvalue weighted by molar-refractivity contribution is 7.92. The van der Waals surface area contributed by atoms with Crippen molar-refractivity contribution in [3.63, 3.8) is 0 Å². The molecule has 1 amide bonds. The number of fused-ring (bicyclic) bond motifs is 1. The summed E-state index contributed by atoms with van der Waals surface area (Å²) in [5.74, 6) is 0.343. The third-order valence-corrected chi connectivity index (χ3v) is 5.78. The molecule has 2 aromatic carbocycles. The highest BCUT2D eigenvalue weighted by atomic mass is 32.2. The van der Waals surface area contributed by atoms with E-state index in [1.165, 1.54) is 6.07 Å². The van der Waals surface area contributed by atoms with Crippen molar-refractivity contribution in [2.45, 2.75) is 31.7 Å². The molecule has 0 aliphatic carbocycles. The average molecular weight is 374 g/mol. The summed E-state index contributed by atoms with van der Waals surface area (Å²) in [7, 11) is -3.78. The smallest absolute Gasteiger partial charge is 0.265 e. The predicted octanol–water partition coefficient (Wildman–Crippen LogP) is 2.79. The van der Waals surface area contributed by atoms with Crippen LogP contribution in [0.2, 0.25) is 0 Å². The monoisotopic (exact) mass is 374 g/mol. The van der Waals surface area contributed by atoms with E-state index in [-0.39, 0.29) is 10.8 Å². The molecule has 0 spiro atoms. The summed E-state index contributed by atoms with van der Waals surface area (Å²) in [6, 6.07) is 12.0. The Kier molecular flexibility index (Phi) is 5.18. The number of benzene rings is 2. The van der Waals surface area contributed by atoms with Gasteiger partial charge in [0, 0.05) is 25.7 Å². The first kappa shape index (κ1) is 18.3. The van der Waals surface area contributed by atoms with Crippen molar-refractivity contribution in [3.8, 4) is 5.75 Å². The van der Waals surface area contributed by atoms with Crippen molar-refractivity contribution >= 4 is 21.6 Å². The summed E-state index contributed by atoms with van der Waals surface area (Å²) in [4.78, 5) is 13.5. The maximum atomic E-state index is 12.8. The molecule has 3 rings (SSSR count). The van der Waals surface area contributed by atoms with Crippen LogP contribution < -0.4 is 9.46 Å². The van der Waals surface area contributed by atoms with Crippen LogP contribution in [-0.2, 0) is 27.8 Å². The molecule has 6 nitrogen and oxygen atoms in total. The van der Waals surface area contributed by atoms with Crippen LogP contribution in [0.1, 0.15) is 25.0 Å². The third kappa shape index (κ3) is 3.83. The normalized spacial score (nSPS) is 13.8. The fourth-order valence-electron chi connectivity index (χ4n) is 3.05. The molecule has 0 aromatic heterocycles. The molecular formula is C19H22N2O4S. The Hall–Kier alpha value is -2.54. The van der Waals surface area contributed by atoms with Crippen molar-refractivity contribution in [3.05, 3.63) is 53.6 Å². The SMILES string of the molecule is CCOc1ccccc1S(=O)(=O)Nc1ccc2c(c1)CN(C(C)=O)CC2. The molecule has 7 heteroatoms. The van der Waals surface area contributed by atoms with Gasteiger partial charge in [-0.25, -0.2) is 8.42 Å². The lowest BCUT2D eigenvalue weighted by Gasteiger charge is -2.28. The number of nitrogens with zero attached hydrogens (tertiary/aromatic N) is 1. The Morgan fingerprint density at radius 2 is 1.96 bits per heavy atom. The van der Waals surface area contributed by atoms with Crippen LogP contribution in [0.4, 0.5) is 5.69 Å². The Labute approximate surface area is 153 Å². The van der Waals surface area contributed by atoms with Crippen LogP contribution in [0.25, 0.3) is 0 Å². The Balaban J connectivity index is 1.87. The molecule has 1 aliphatic rings. The van der Waals surface area contributed by atoms with Gasteiger partial charge in [-0.3, -0.25) is 9.52 Å². The standard InChI is InChI=1S/C19H22N2O4S/c1-3-25-18-6-4-5-7-19(18)26(23,24)20-17-9-8-15-10-11-21(14(2)22)13-16(15)12-17/h4-9,12,20H,3,10-11,13H2,1-2H3. The number of carbonyl (C=O) groups is 1. The second-order valence-corrected chi connectivity index (χ2v) is 7.81. The van der Waals surface area contributed by atoms with Gasteiger partial charge in [-0.2, -0.15) is 0 Å². The zero-order valence-corrected chi connectivity index (χ0v) is 15.7. The van der Waals surface area contributed by atoms with Gasteiger partial charge in [0.2, 0.25) is 5.91 Å². The molecule has 0 unspecified atom stereocenters. The van der Waals surface area contributed by atoms with Crippen molar-refractivity contribution in [1.29, 1.82) is 0 Å². The topological polar surface area (TPSA) is 75.7 Å². The van der Waals surface area contributed by atoms with Crippen LogP contribution in [0, 0.1) is 0 Å². The highest BCUT2D eigenvalue weighted by Crippen LogP contribution is 2.28. The Bertz CT molecular complexity index is 925. The fourth-order valence-corrected chi connectivity index (χ4v) is 4.24. The van der Waals surface area contributed by atoms with Crippen molar-refractivity contribution in [1.82, 2.24) is 4.90 Å². The summed E-state index contributed by atoms with van der Waals surface area (Å²) in [6.07, 6.45) is 0.773. The average Bonchev–Trinajstić information content (AvgIpc) is 2.61. The van der Waals surface area contributed by atoms with Crippen LogP contribution in [-0.4, -0.2) is 32.4 Å². The van der Waals surface area contributed by atoms with E-state index in [9.17, 15) is 13.2 Å². The maximum absolute atomic E-state index is 12.8. The number of hydrogen-bond acceptors (Lipinski definition) is 4. The van der Waals surface area contributed by atoms with Gasteiger partial charge in [-0.05, 0) is 48.7 Å². The zero-order valence-electron chi connectivity index (χ0n) is 14.9. The molecule has 0 fully saturated rings. The number of anilines is 1. The van der Waals surface area contributed by atoms with Gasteiger partial charge in [0.25, 0.3) is 10.0 Å². The molecule has 1 aliphatic heterocycles. The van der Waals surface area contributed by atoms with E-state index in [0.717, 1.165) is 17.5 Å². The molecule has 2 aromatic rings. The minimum absolute atomic E-state index is 0.0206. The molecular weight excluding hydrogens is 352 g/mol. The first-order chi connectivity index (χ1) is 12.4. The molecule has 0 radical (unpaired) electrons. The van der Waals surface area contributed by atoms with E-state index in [1.54, 1.807) is 49.1 Å². The predicted molar refractivity (Wildman–Crippen MR) is 99.7 cm³/mol. The van der Waals surface area contributed by atoms with Gasteiger partial charge in [-0.1, -0.05) is 18.2 Å². The van der Waals surface area contributed by atoms with E-state index in [2.05, 4.69) is 4.72 Å². The minimum Gasteiger partial charge on any atom is -0.492 e. The number of hydrogen-bond donors (Lipinski definition) is 1. The summed E-state index contributed by atoms with van der Waals surface area (Å²) in [6.45, 7) is 4.92. The summed E-state index contributed by atoms with van der Waals surface area (Å²) >= 11 is 0. The van der Waals surface area contributed by atoms with Gasteiger partial charge in [0.05, 0.1) is 6.61 Å². The number of nitrogens with one attached hydrogen (secondary N) is 1. The number of ether oxygens (including phenoxy) is 1. The van der Waals surface area contributed by atoms with E-state index < -0.39 is 10.0 Å². The van der Waals surface area contributed by atoms with Crippen LogP contribution >= 0.6 is 0 Å². The van der Waals surface area contributed by atoms with Crippen LogP contribution in [0.5, 0.6) is 5.75 Å². The van der Waals surface area contributed by atoms with Gasteiger partial charge >= 0.3 is 0 Å². The molecule has 26 heavy (non-hydrogen) atoms. The lowest BCUT2D eigenvalue weighted by atomic mass is 9.99. The van der Waals surface area contributed by atoms with Crippen molar-refractivity contribution in [2.24, 2.45) is 0 Å². The highest BCUT2D eigenvalue weighted by Gasteiger charge is 2.22. The molecule has 1 N–H and O–H groups in total. The molecule has 138 valence electrons.